The molecular formula is C29H33NO5. The first-order chi connectivity index (χ1) is 17.0. The van der Waals surface area contributed by atoms with Crippen molar-refractivity contribution in [1.82, 2.24) is 4.90 Å². The van der Waals surface area contributed by atoms with Crippen molar-refractivity contribution in [1.29, 1.82) is 0 Å². The van der Waals surface area contributed by atoms with Crippen molar-refractivity contribution in [3.05, 3.63) is 77.4 Å². The predicted molar refractivity (Wildman–Crippen MR) is 136 cm³/mol. The van der Waals surface area contributed by atoms with Gasteiger partial charge in [-0.1, -0.05) is 48.5 Å². The zero-order valence-corrected chi connectivity index (χ0v) is 20.6. The van der Waals surface area contributed by atoms with Crippen LogP contribution in [0.4, 0.5) is 0 Å². The number of benzene rings is 3. The average Bonchev–Trinajstić information content (AvgIpc) is 2.89. The molecule has 0 unspecified atom stereocenters. The molecule has 1 N–H and O–H groups in total. The molecule has 6 nitrogen and oxygen atoms in total. The average molecular weight is 476 g/mol. The molecule has 1 heterocycles. The van der Waals surface area contributed by atoms with Gasteiger partial charge in [0.15, 0.2) is 0 Å². The minimum Gasteiger partial charge on any atom is -0.496 e. The largest absolute Gasteiger partial charge is 0.496 e. The number of piperidine rings is 1. The van der Waals surface area contributed by atoms with Gasteiger partial charge in [-0.25, -0.2) is 0 Å². The molecule has 3 aromatic carbocycles. The molecule has 0 radical (unpaired) electrons. The standard InChI is InChI=1S/C29H33NO5/c1-20-23(11-7-13-25(20)21-9-5-4-6-10-21)19-35-24-15-27(33-2)26(28(16-24)34-3)18-30-14-8-12-22(17-30)29(31)32/h4-7,9-11,13,15-16,22H,8,12,14,17-19H2,1-3H3,(H,31,32)/t22-/m0/s1. The molecule has 1 aliphatic heterocycles. The number of hydrogen-bond acceptors (Lipinski definition) is 5. The molecule has 1 saturated heterocycles. The van der Waals surface area contributed by atoms with Crippen LogP contribution in [0.5, 0.6) is 17.2 Å². The van der Waals surface area contributed by atoms with E-state index in [1.807, 2.05) is 30.3 Å². The van der Waals surface area contributed by atoms with Crippen LogP contribution in [0, 0.1) is 12.8 Å². The van der Waals surface area contributed by atoms with Gasteiger partial charge in [-0.2, -0.15) is 0 Å². The van der Waals surface area contributed by atoms with Crippen LogP contribution >= 0.6 is 0 Å². The molecule has 0 aromatic heterocycles. The van der Waals surface area contributed by atoms with E-state index < -0.39 is 5.97 Å². The number of methoxy groups -OCH3 is 2. The Kier molecular flexibility index (Phi) is 7.93. The van der Waals surface area contributed by atoms with Crippen molar-refractivity contribution in [3.8, 4) is 28.4 Å². The van der Waals surface area contributed by atoms with Gasteiger partial charge in [0.1, 0.15) is 23.9 Å². The van der Waals surface area contributed by atoms with Crippen molar-refractivity contribution in [3.63, 3.8) is 0 Å². The molecule has 6 heteroatoms. The molecule has 184 valence electrons. The molecule has 0 spiro atoms. The number of hydrogen-bond donors (Lipinski definition) is 1. The van der Waals surface area contributed by atoms with E-state index in [-0.39, 0.29) is 5.92 Å². The molecule has 0 saturated carbocycles. The zero-order chi connectivity index (χ0) is 24.8. The highest BCUT2D eigenvalue weighted by Gasteiger charge is 2.27. The highest BCUT2D eigenvalue weighted by Crippen LogP contribution is 2.36. The predicted octanol–water partition coefficient (Wildman–Crippen LogP) is 5.55. The van der Waals surface area contributed by atoms with Crippen LogP contribution in [0.25, 0.3) is 11.1 Å². The molecule has 1 fully saturated rings. The summed E-state index contributed by atoms with van der Waals surface area (Å²) in [7, 11) is 3.26. The molecule has 1 atom stereocenters. The van der Waals surface area contributed by atoms with Crippen LogP contribution < -0.4 is 14.2 Å². The van der Waals surface area contributed by atoms with E-state index in [0.717, 1.165) is 30.5 Å². The van der Waals surface area contributed by atoms with E-state index in [1.165, 1.54) is 16.7 Å². The maximum absolute atomic E-state index is 11.5. The fraction of sp³-hybridized carbons (Fsp3) is 0.345. The van der Waals surface area contributed by atoms with Gasteiger partial charge in [0.05, 0.1) is 25.7 Å². The quantitative estimate of drug-likeness (QED) is 0.437. The Balaban J connectivity index is 1.52. The number of rotatable bonds is 9. The normalized spacial score (nSPS) is 16.0. The summed E-state index contributed by atoms with van der Waals surface area (Å²) in [5.41, 5.74) is 5.57. The van der Waals surface area contributed by atoms with Gasteiger partial charge < -0.3 is 19.3 Å². The SMILES string of the molecule is COc1cc(OCc2cccc(-c3ccccc3)c2C)cc(OC)c1CN1CCC[C@H](C(=O)O)C1. The van der Waals surface area contributed by atoms with E-state index in [4.69, 9.17) is 14.2 Å². The maximum Gasteiger partial charge on any atom is 0.307 e. The summed E-state index contributed by atoms with van der Waals surface area (Å²) in [4.78, 5) is 13.6. The van der Waals surface area contributed by atoms with Crippen molar-refractivity contribution >= 4 is 5.97 Å². The number of ether oxygens (including phenoxy) is 3. The summed E-state index contributed by atoms with van der Waals surface area (Å²) in [5.74, 6) is 0.939. The Labute approximate surface area is 207 Å². The van der Waals surface area contributed by atoms with Crippen LogP contribution in [0.3, 0.4) is 0 Å². The van der Waals surface area contributed by atoms with Crippen LogP contribution in [0.1, 0.15) is 29.5 Å². The van der Waals surface area contributed by atoms with E-state index in [2.05, 4.69) is 42.2 Å². The fourth-order valence-electron chi connectivity index (χ4n) is 4.75. The second kappa shape index (κ2) is 11.3. The first-order valence-electron chi connectivity index (χ1n) is 12.0. The number of likely N-dealkylation sites (tertiary alicyclic amines) is 1. The minimum atomic E-state index is -0.732. The van der Waals surface area contributed by atoms with Crippen LogP contribution in [-0.4, -0.2) is 43.3 Å². The summed E-state index contributed by atoms with van der Waals surface area (Å²) in [5, 5.41) is 9.42. The fourth-order valence-corrected chi connectivity index (χ4v) is 4.75. The van der Waals surface area contributed by atoms with Gasteiger partial charge in [-0.3, -0.25) is 9.69 Å². The lowest BCUT2D eigenvalue weighted by Gasteiger charge is -2.31. The van der Waals surface area contributed by atoms with Crippen molar-refractivity contribution in [2.24, 2.45) is 5.92 Å². The topological polar surface area (TPSA) is 68.2 Å². The third kappa shape index (κ3) is 5.77. The summed E-state index contributed by atoms with van der Waals surface area (Å²) in [6.07, 6.45) is 1.59. The first-order valence-corrected chi connectivity index (χ1v) is 12.0. The van der Waals surface area contributed by atoms with E-state index in [0.29, 0.717) is 36.9 Å². The molecule has 3 aromatic rings. The number of carboxylic acid groups (broad SMARTS) is 1. The lowest BCUT2D eigenvalue weighted by atomic mass is 9.97. The monoisotopic (exact) mass is 475 g/mol. The Hall–Kier alpha value is -3.51. The zero-order valence-electron chi connectivity index (χ0n) is 20.6. The Morgan fingerprint density at radius 3 is 2.40 bits per heavy atom. The molecule has 35 heavy (non-hydrogen) atoms. The van der Waals surface area contributed by atoms with Crippen LogP contribution in [-0.2, 0) is 17.9 Å². The molecule has 4 rings (SSSR count). The van der Waals surface area contributed by atoms with Gasteiger partial charge >= 0.3 is 5.97 Å². The van der Waals surface area contributed by atoms with Crippen LogP contribution in [0.2, 0.25) is 0 Å². The number of carboxylic acids is 1. The van der Waals surface area contributed by atoms with E-state index in [1.54, 1.807) is 14.2 Å². The summed E-state index contributed by atoms with van der Waals surface area (Å²) >= 11 is 0. The first kappa shape index (κ1) is 24.6. The van der Waals surface area contributed by atoms with Crippen molar-refractivity contribution in [2.45, 2.75) is 32.9 Å². The summed E-state index contributed by atoms with van der Waals surface area (Å²) in [6.45, 7) is 4.48. The molecule has 0 amide bonds. The van der Waals surface area contributed by atoms with E-state index >= 15 is 0 Å². The number of nitrogens with zero attached hydrogens (tertiary/aromatic N) is 1. The lowest BCUT2D eigenvalue weighted by molar-refractivity contribution is -0.143. The van der Waals surface area contributed by atoms with Crippen LogP contribution in [0.15, 0.2) is 60.7 Å². The van der Waals surface area contributed by atoms with E-state index in [9.17, 15) is 9.90 Å². The lowest BCUT2D eigenvalue weighted by Crippen LogP contribution is -2.38. The Morgan fingerprint density at radius 1 is 1.03 bits per heavy atom. The van der Waals surface area contributed by atoms with Gasteiger partial charge in [0.25, 0.3) is 0 Å². The van der Waals surface area contributed by atoms with Gasteiger partial charge in [-0.15, -0.1) is 0 Å². The summed E-state index contributed by atoms with van der Waals surface area (Å²) < 4.78 is 17.6. The van der Waals surface area contributed by atoms with Crippen molar-refractivity contribution in [2.75, 3.05) is 27.3 Å². The van der Waals surface area contributed by atoms with Gasteiger partial charge in [0, 0.05) is 25.2 Å². The molecule has 0 bridgehead atoms. The Morgan fingerprint density at radius 2 is 1.74 bits per heavy atom. The third-order valence-corrected chi connectivity index (χ3v) is 6.74. The number of aliphatic carboxylic acids is 1. The summed E-state index contributed by atoms with van der Waals surface area (Å²) in [6, 6.07) is 20.4. The van der Waals surface area contributed by atoms with Gasteiger partial charge in [-0.05, 0) is 48.6 Å². The second-order valence-corrected chi connectivity index (χ2v) is 8.96. The minimum absolute atomic E-state index is 0.335. The maximum atomic E-state index is 11.5. The van der Waals surface area contributed by atoms with Gasteiger partial charge in [0.2, 0.25) is 0 Å². The number of carbonyl (C=O) groups is 1. The smallest absolute Gasteiger partial charge is 0.307 e. The Bertz CT molecular complexity index is 1140. The second-order valence-electron chi connectivity index (χ2n) is 8.96. The molecule has 0 aliphatic carbocycles. The van der Waals surface area contributed by atoms with Crippen molar-refractivity contribution < 1.29 is 24.1 Å². The highest BCUT2D eigenvalue weighted by atomic mass is 16.5. The molecular weight excluding hydrogens is 442 g/mol. The molecule has 1 aliphatic rings. The third-order valence-electron chi connectivity index (χ3n) is 6.74. The highest BCUT2D eigenvalue weighted by molar-refractivity contribution is 5.70.